The summed E-state index contributed by atoms with van der Waals surface area (Å²) < 4.78 is 9.11. The van der Waals surface area contributed by atoms with Gasteiger partial charge < -0.3 is 13.9 Å². The quantitative estimate of drug-likeness (QED) is 0.265. The van der Waals surface area contributed by atoms with Gasteiger partial charge in [0.2, 0.25) is 0 Å². The second-order valence-electron chi connectivity index (χ2n) is 14.4. The molecule has 42 heavy (non-hydrogen) atoms. The number of hydrogen-bond acceptors (Lipinski definition) is 5. The first-order valence-corrected chi connectivity index (χ1v) is 19.5. The molecular weight excluding hydrogens is 557 g/mol. The van der Waals surface area contributed by atoms with E-state index < -0.39 is 8.32 Å². The molecule has 6 nitrogen and oxygen atoms in total. The molecule has 1 aromatic heterocycles. The Kier molecular flexibility index (Phi) is 7.72. The maximum atomic E-state index is 12.7. The van der Waals surface area contributed by atoms with Gasteiger partial charge in [-0.3, -0.25) is 4.79 Å². The lowest BCUT2D eigenvalue weighted by molar-refractivity contribution is 0.0793. The normalized spacial score (nSPS) is 22.1. The maximum absolute atomic E-state index is 12.7. The van der Waals surface area contributed by atoms with Crippen LogP contribution < -0.4 is 0 Å². The third kappa shape index (κ3) is 5.62. The molecule has 6 rings (SSSR count). The highest BCUT2D eigenvalue weighted by molar-refractivity contribution is 8.00. The van der Waals surface area contributed by atoms with Gasteiger partial charge in [-0.1, -0.05) is 57.2 Å². The lowest BCUT2D eigenvalue weighted by Gasteiger charge is -2.39. The standard InChI is InChI=1S/C34H46N4O2SSi/c1-32(2,3)42(5,6)40-24-33(4)23-29-35-36-31(38(29)21-22-41-33)34(17-18-34)28-15-13-26(14-16-28)25-9-11-27(12-10-25)30(39)37-19-7-8-20-37/h9-16H,7-8,17-24H2,1-6H3. The number of fused-ring (bicyclic) bond motifs is 1. The van der Waals surface area contributed by atoms with E-state index in [-0.39, 0.29) is 21.1 Å². The Morgan fingerprint density at radius 1 is 0.952 bits per heavy atom. The number of aromatic nitrogens is 3. The Balaban J connectivity index is 1.17. The molecule has 1 aliphatic carbocycles. The van der Waals surface area contributed by atoms with Gasteiger partial charge in [-0.15, -0.1) is 10.2 Å². The summed E-state index contributed by atoms with van der Waals surface area (Å²) in [4.78, 5) is 14.7. The van der Waals surface area contributed by atoms with Crippen molar-refractivity contribution in [2.24, 2.45) is 0 Å². The van der Waals surface area contributed by atoms with Gasteiger partial charge in [0.15, 0.2) is 8.32 Å². The molecule has 3 aromatic rings. The Bertz CT molecular complexity index is 1430. The minimum absolute atomic E-state index is 0.00107. The number of rotatable bonds is 7. The lowest BCUT2D eigenvalue weighted by atomic mass is 9.92. The largest absolute Gasteiger partial charge is 0.415 e. The van der Waals surface area contributed by atoms with Gasteiger partial charge in [0.25, 0.3) is 5.91 Å². The van der Waals surface area contributed by atoms with Crippen LogP contribution in [-0.2, 0) is 22.8 Å². The zero-order valence-corrected chi connectivity index (χ0v) is 28.0. The topological polar surface area (TPSA) is 60.3 Å². The maximum Gasteiger partial charge on any atom is 0.253 e. The summed E-state index contributed by atoms with van der Waals surface area (Å²) in [5, 5.41) is 9.82. The third-order valence-corrected chi connectivity index (χ3v) is 16.0. The Morgan fingerprint density at radius 2 is 1.57 bits per heavy atom. The molecule has 3 aliphatic rings. The minimum Gasteiger partial charge on any atom is -0.415 e. The van der Waals surface area contributed by atoms with E-state index in [4.69, 9.17) is 14.6 Å². The van der Waals surface area contributed by atoms with Crippen molar-refractivity contribution >= 4 is 26.0 Å². The second-order valence-corrected chi connectivity index (χ2v) is 20.8. The fourth-order valence-electron chi connectivity index (χ4n) is 6.12. The van der Waals surface area contributed by atoms with Crippen LogP contribution in [0.1, 0.15) is 80.9 Å². The average molecular weight is 603 g/mol. The summed E-state index contributed by atoms with van der Waals surface area (Å²) in [6.07, 6.45) is 5.32. The number of nitrogens with zero attached hydrogens (tertiary/aromatic N) is 4. The van der Waals surface area contributed by atoms with E-state index in [0.29, 0.717) is 0 Å². The van der Waals surface area contributed by atoms with Crippen molar-refractivity contribution < 1.29 is 9.22 Å². The van der Waals surface area contributed by atoms with E-state index in [1.54, 1.807) is 0 Å². The molecule has 0 radical (unpaired) electrons. The highest BCUT2D eigenvalue weighted by Gasteiger charge is 2.51. The van der Waals surface area contributed by atoms with E-state index in [1.807, 2.05) is 28.8 Å². The highest BCUT2D eigenvalue weighted by Crippen LogP contribution is 2.53. The SMILES string of the molecule is CC1(CO[Si](C)(C)C(C)(C)C)Cc2nnc(C3(c4ccc(-c5ccc(C(=O)N6CCCC6)cc5)cc4)CC3)n2CCS1. The molecule has 1 unspecified atom stereocenters. The first-order valence-electron chi connectivity index (χ1n) is 15.6. The van der Waals surface area contributed by atoms with E-state index in [1.165, 1.54) is 11.1 Å². The predicted octanol–water partition coefficient (Wildman–Crippen LogP) is 7.33. The fourth-order valence-corrected chi connectivity index (χ4v) is 8.48. The first kappa shape index (κ1) is 29.6. The van der Waals surface area contributed by atoms with Crippen LogP contribution in [0.25, 0.3) is 11.1 Å². The Labute approximate surface area is 256 Å². The number of carbonyl (C=O) groups is 1. The molecule has 1 saturated heterocycles. The molecule has 2 aromatic carbocycles. The van der Waals surface area contributed by atoms with Crippen LogP contribution in [0.15, 0.2) is 48.5 Å². The number of carbonyl (C=O) groups excluding carboxylic acids is 1. The van der Waals surface area contributed by atoms with E-state index in [2.05, 4.69) is 81.8 Å². The minimum atomic E-state index is -1.82. The summed E-state index contributed by atoms with van der Waals surface area (Å²) in [7, 11) is -1.82. The number of hydrogen-bond donors (Lipinski definition) is 0. The van der Waals surface area contributed by atoms with Crippen molar-refractivity contribution in [3.05, 3.63) is 71.3 Å². The number of thioether (sulfide) groups is 1. The van der Waals surface area contributed by atoms with E-state index >= 15 is 0 Å². The van der Waals surface area contributed by atoms with Crippen LogP contribution in [0.2, 0.25) is 18.1 Å². The zero-order chi connectivity index (χ0) is 29.8. The summed E-state index contributed by atoms with van der Waals surface area (Å²) in [5.74, 6) is 3.42. The van der Waals surface area contributed by atoms with Crippen molar-refractivity contribution in [1.29, 1.82) is 0 Å². The van der Waals surface area contributed by atoms with Crippen LogP contribution in [0.3, 0.4) is 0 Å². The van der Waals surface area contributed by atoms with Gasteiger partial charge in [-0.05, 0) is 79.6 Å². The molecule has 2 aliphatic heterocycles. The highest BCUT2D eigenvalue weighted by atomic mass is 32.2. The van der Waals surface area contributed by atoms with Crippen molar-refractivity contribution in [3.63, 3.8) is 0 Å². The number of benzene rings is 2. The van der Waals surface area contributed by atoms with Crippen molar-refractivity contribution in [1.82, 2.24) is 19.7 Å². The fraction of sp³-hybridized carbons (Fsp3) is 0.559. The number of likely N-dealkylation sites (tertiary alicyclic amines) is 1. The smallest absolute Gasteiger partial charge is 0.253 e. The summed E-state index contributed by atoms with van der Waals surface area (Å²) in [6.45, 7) is 17.4. The molecule has 0 N–H and O–H groups in total. The lowest BCUT2D eigenvalue weighted by Crippen LogP contribution is -2.45. The molecular formula is C34H46N4O2SSi. The molecule has 1 saturated carbocycles. The molecule has 3 heterocycles. The first-order chi connectivity index (χ1) is 19.9. The molecule has 224 valence electrons. The van der Waals surface area contributed by atoms with Crippen molar-refractivity contribution in [3.8, 4) is 11.1 Å². The Hall–Kier alpha value is -2.42. The van der Waals surface area contributed by atoms with Crippen LogP contribution in [0.5, 0.6) is 0 Å². The molecule has 1 amide bonds. The van der Waals surface area contributed by atoms with Crippen LogP contribution in [0, 0.1) is 0 Å². The summed E-state index contributed by atoms with van der Waals surface area (Å²) >= 11 is 2.03. The number of amides is 1. The molecule has 1 atom stereocenters. The second kappa shape index (κ2) is 10.9. The molecule has 0 bridgehead atoms. The van der Waals surface area contributed by atoms with Gasteiger partial charge in [-0.2, -0.15) is 11.8 Å². The van der Waals surface area contributed by atoms with Gasteiger partial charge in [0, 0.05) is 48.7 Å². The molecule has 8 heteroatoms. The Morgan fingerprint density at radius 3 is 2.17 bits per heavy atom. The predicted molar refractivity (Wildman–Crippen MR) is 175 cm³/mol. The zero-order valence-electron chi connectivity index (χ0n) is 26.2. The average Bonchev–Trinajstić information content (AvgIpc) is 3.45. The van der Waals surface area contributed by atoms with Gasteiger partial charge >= 0.3 is 0 Å². The van der Waals surface area contributed by atoms with Crippen LogP contribution >= 0.6 is 11.8 Å². The molecule has 2 fully saturated rings. The van der Waals surface area contributed by atoms with E-state index in [0.717, 1.165) is 86.9 Å². The van der Waals surface area contributed by atoms with Crippen molar-refractivity contribution in [2.45, 2.75) is 94.6 Å². The summed E-state index contributed by atoms with van der Waals surface area (Å²) in [6, 6.07) is 17.1. The van der Waals surface area contributed by atoms with Crippen molar-refractivity contribution in [2.75, 3.05) is 25.4 Å². The van der Waals surface area contributed by atoms with E-state index in [9.17, 15) is 4.79 Å². The van der Waals surface area contributed by atoms with Gasteiger partial charge in [0.1, 0.15) is 11.6 Å². The van der Waals surface area contributed by atoms with Crippen LogP contribution in [-0.4, -0.2) is 64.1 Å². The van der Waals surface area contributed by atoms with Crippen LogP contribution in [0.4, 0.5) is 0 Å². The van der Waals surface area contributed by atoms with Gasteiger partial charge in [0.05, 0.1) is 5.41 Å². The summed E-state index contributed by atoms with van der Waals surface area (Å²) in [5.41, 5.74) is 4.37. The third-order valence-electron chi connectivity index (χ3n) is 10.1. The molecule has 0 spiro atoms. The monoisotopic (exact) mass is 602 g/mol. The van der Waals surface area contributed by atoms with Gasteiger partial charge in [-0.25, -0.2) is 0 Å².